The van der Waals surface area contributed by atoms with Gasteiger partial charge in [0.15, 0.2) is 5.78 Å². The summed E-state index contributed by atoms with van der Waals surface area (Å²) < 4.78 is 10.3. The number of amides is 1. The molecule has 5 nitrogen and oxygen atoms in total. The van der Waals surface area contributed by atoms with Crippen LogP contribution in [-0.4, -0.2) is 37.0 Å². The van der Waals surface area contributed by atoms with Crippen molar-refractivity contribution in [2.24, 2.45) is 0 Å². The second-order valence-electron chi connectivity index (χ2n) is 4.08. The van der Waals surface area contributed by atoms with Crippen molar-refractivity contribution < 1.29 is 19.1 Å². The molecule has 1 aliphatic heterocycles. The summed E-state index contributed by atoms with van der Waals surface area (Å²) in [5, 5.41) is 0. The maximum absolute atomic E-state index is 11.7. The highest BCUT2D eigenvalue weighted by atomic mass is 16.6. The second kappa shape index (κ2) is 5.53. The van der Waals surface area contributed by atoms with E-state index in [2.05, 4.69) is 0 Å². The molecule has 5 heteroatoms. The number of hydrogen-bond acceptors (Lipinski definition) is 4. The normalized spacial score (nSPS) is 14.7. The Morgan fingerprint density at radius 3 is 2.83 bits per heavy atom. The van der Waals surface area contributed by atoms with Crippen LogP contribution in [0.4, 0.5) is 4.79 Å². The van der Waals surface area contributed by atoms with Crippen molar-refractivity contribution in [3.05, 3.63) is 29.8 Å². The summed E-state index contributed by atoms with van der Waals surface area (Å²) in [6.07, 6.45) is -0.0317. The van der Waals surface area contributed by atoms with Crippen molar-refractivity contribution >= 4 is 11.9 Å². The first-order chi connectivity index (χ1) is 8.70. The second-order valence-corrected chi connectivity index (χ2v) is 4.08. The first-order valence-electron chi connectivity index (χ1n) is 5.76. The molecule has 2 rings (SSSR count). The number of ketones is 1. The van der Waals surface area contributed by atoms with Crippen LogP contribution in [-0.2, 0) is 16.1 Å². The van der Waals surface area contributed by atoms with E-state index in [1.807, 2.05) is 24.3 Å². The Morgan fingerprint density at radius 2 is 2.17 bits per heavy atom. The van der Waals surface area contributed by atoms with Crippen molar-refractivity contribution in [2.45, 2.75) is 13.0 Å². The molecule has 1 aromatic rings. The maximum atomic E-state index is 11.7. The quantitative estimate of drug-likeness (QED) is 0.816. The lowest BCUT2D eigenvalue weighted by Crippen LogP contribution is -2.29. The van der Waals surface area contributed by atoms with Gasteiger partial charge in [-0.1, -0.05) is 18.2 Å². The summed E-state index contributed by atoms with van der Waals surface area (Å²) in [6.45, 7) is 0.752. The average Bonchev–Trinajstić information content (AvgIpc) is 2.83. The van der Waals surface area contributed by atoms with Crippen LogP contribution in [0.1, 0.15) is 12.0 Å². The monoisotopic (exact) mass is 249 g/mol. The molecule has 18 heavy (non-hydrogen) atoms. The number of likely N-dealkylation sites (tertiary alicyclic amines) is 1. The minimum absolute atomic E-state index is 0.0734. The SMILES string of the molecule is COc1ccccc1COC(=O)N1CCC(=O)C1. The van der Waals surface area contributed by atoms with Gasteiger partial charge in [0.1, 0.15) is 12.4 Å². The minimum Gasteiger partial charge on any atom is -0.496 e. The van der Waals surface area contributed by atoms with Crippen LogP contribution in [0.3, 0.4) is 0 Å². The van der Waals surface area contributed by atoms with E-state index >= 15 is 0 Å². The number of para-hydroxylation sites is 1. The van der Waals surface area contributed by atoms with Crippen LogP contribution < -0.4 is 4.74 Å². The third kappa shape index (κ3) is 2.80. The fraction of sp³-hybridized carbons (Fsp3) is 0.385. The summed E-state index contributed by atoms with van der Waals surface area (Å²) in [7, 11) is 1.57. The average molecular weight is 249 g/mol. The van der Waals surface area contributed by atoms with E-state index in [4.69, 9.17) is 9.47 Å². The summed E-state index contributed by atoms with van der Waals surface area (Å²) >= 11 is 0. The molecule has 0 radical (unpaired) electrons. The molecular formula is C13H15NO4. The summed E-state index contributed by atoms with van der Waals surface area (Å²) in [4.78, 5) is 24.2. The molecule has 0 aromatic heterocycles. The first-order valence-corrected chi connectivity index (χ1v) is 5.76. The highest BCUT2D eigenvalue weighted by molar-refractivity contribution is 5.87. The summed E-state index contributed by atoms with van der Waals surface area (Å²) in [5.74, 6) is 0.757. The van der Waals surface area contributed by atoms with Gasteiger partial charge in [0.2, 0.25) is 0 Å². The highest BCUT2D eigenvalue weighted by Gasteiger charge is 2.25. The lowest BCUT2D eigenvalue weighted by atomic mass is 10.2. The van der Waals surface area contributed by atoms with Crippen molar-refractivity contribution in [2.75, 3.05) is 20.2 Å². The Hall–Kier alpha value is -2.04. The van der Waals surface area contributed by atoms with Gasteiger partial charge in [-0.3, -0.25) is 4.79 Å². The molecule has 0 atom stereocenters. The number of hydrogen-bond donors (Lipinski definition) is 0. The van der Waals surface area contributed by atoms with Gasteiger partial charge >= 0.3 is 6.09 Å². The van der Waals surface area contributed by atoms with E-state index in [0.717, 1.165) is 5.56 Å². The number of benzene rings is 1. The molecule has 0 N–H and O–H groups in total. The summed E-state index contributed by atoms with van der Waals surface area (Å²) in [5.41, 5.74) is 0.805. The molecule has 0 aliphatic carbocycles. The third-order valence-corrected chi connectivity index (χ3v) is 2.83. The van der Waals surface area contributed by atoms with E-state index in [0.29, 0.717) is 18.7 Å². The lowest BCUT2D eigenvalue weighted by molar-refractivity contribution is -0.116. The number of carbonyl (C=O) groups is 2. The van der Waals surface area contributed by atoms with Crippen molar-refractivity contribution in [1.29, 1.82) is 0 Å². The topological polar surface area (TPSA) is 55.8 Å². The van der Waals surface area contributed by atoms with Gasteiger partial charge in [-0.15, -0.1) is 0 Å². The van der Waals surface area contributed by atoms with Gasteiger partial charge in [-0.2, -0.15) is 0 Å². The van der Waals surface area contributed by atoms with Crippen LogP contribution >= 0.6 is 0 Å². The van der Waals surface area contributed by atoms with Gasteiger partial charge in [0.25, 0.3) is 0 Å². The zero-order valence-electron chi connectivity index (χ0n) is 10.2. The smallest absolute Gasteiger partial charge is 0.410 e. The third-order valence-electron chi connectivity index (χ3n) is 2.83. The Kier molecular flexibility index (Phi) is 3.82. The molecule has 0 saturated carbocycles. The van der Waals surface area contributed by atoms with Gasteiger partial charge in [0.05, 0.1) is 13.7 Å². The molecule has 1 fully saturated rings. The van der Waals surface area contributed by atoms with Gasteiger partial charge in [-0.25, -0.2) is 4.79 Å². The van der Waals surface area contributed by atoms with E-state index in [1.54, 1.807) is 7.11 Å². The van der Waals surface area contributed by atoms with Gasteiger partial charge in [-0.05, 0) is 6.07 Å². The predicted molar refractivity (Wildman–Crippen MR) is 64.4 cm³/mol. The van der Waals surface area contributed by atoms with Gasteiger partial charge < -0.3 is 14.4 Å². The van der Waals surface area contributed by atoms with E-state index in [9.17, 15) is 9.59 Å². The molecule has 1 aromatic carbocycles. The number of methoxy groups -OCH3 is 1. The molecule has 1 aliphatic rings. The number of Topliss-reactive ketones (excluding diaryl/α,β-unsaturated/α-hetero) is 1. The van der Waals surface area contributed by atoms with Crippen LogP contribution in [0.5, 0.6) is 5.75 Å². The Labute approximate surface area is 105 Å². The highest BCUT2D eigenvalue weighted by Crippen LogP contribution is 2.18. The fourth-order valence-electron chi connectivity index (χ4n) is 1.84. The van der Waals surface area contributed by atoms with Crippen molar-refractivity contribution in [3.8, 4) is 5.75 Å². The fourth-order valence-corrected chi connectivity index (χ4v) is 1.84. The maximum Gasteiger partial charge on any atom is 0.410 e. The molecular weight excluding hydrogens is 234 g/mol. The standard InChI is InChI=1S/C13H15NO4/c1-17-12-5-3-2-4-10(12)9-18-13(16)14-7-6-11(15)8-14/h2-5H,6-9H2,1H3. The van der Waals surface area contributed by atoms with Crippen molar-refractivity contribution in [3.63, 3.8) is 0 Å². The molecule has 0 spiro atoms. The number of ether oxygens (including phenoxy) is 2. The zero-order valence-corrected chi connectivity index (χ0v) is 10.2. The Morgan fingerprint density at radius 1 is 1.39 bits per heavy atom. The molecule has 1 heterocycles. The molecule has 1 amide bonds. The molecule has 0 bridgehead atoms. The predicted octanol–water partition coefficient (Wildman–Crippen LogP) is 1.61. The van der Waals surface area contributed by atoms with E-state index < -0.39 is 6.09 Å². The number of carbonyl (C=O) groups excluding carboxylic acids is 2. The van der Waals surface area contributed by atoms with Crippen LogP contribution in [0, 0.1) is 0 Å². The van der Waals surface area contributed by atoms with Gasteiger partial charge in [0, 0.05) is 18.5 Å². The van der Waals surface area contributed by atoms with Crippen LogP contribution in [0.15, 0.2) is 24.3 Å². The molecule has 0 unspecified atom stereocenters. The van der Waals surface area contributed by atoms with E-state index in [1.165, 1.54) is 4.90 Å². The zero-order chi connectivity index (χ0) is 13.0. The minimum atomic E-state index is -0.452. The van der Waals surface area contributed by atoms with Crippen LogP contribution in [0.2, 0.25) is 0 Å². The molecule has 1 saturated heterocycles. The molecule has 96 valence electrons. The van der Waals surface area contributed by atoms with E-state index in [-0.39, 0.29) is 18.9 Å². The lowest BCUT2D eigenvalue weighted by Gasteiger charge is -2.15. The first kappa shape index (κ1) is 12.4. The Bertz CT molecular complexity index is 458. The largest absolute Gasteiger partial charge is 0.496 e. The summed E-state index contributed by atoms with van der Waals surface area (Å²) in [6, 6.07) is 7.35. The van der Waals surface area contributed by atoms with Crippen LogP contribution in [0.25, 0.3) is 0 Å². The Balaban J connectivity index is 1.91. The number of rotatable bonds is 3. The van der Waals surface area contributed by atoms with Crippen molar-refractivity contribution in [1.82, 2.24) is 4.90 Å². The number of nitrogens with zero attached hydrogens (tertiary/aromatic N) is 1.